The second-order valence-corrected chi connectivity index (χ2v) is 3.77. The highest BCUT2D eigenvalue weighted by Crippen LogP contribution is 2.28. The largest absolute Gasteiger partial charge is 0.490 e. The van der Waals surface area contributed by atoms with Gasteiger partial charge in [-0.05, 0) is 24.6 Å². The molecule has 2 rings (SSSR count). The number of nitriles is 1. The molecule has 0 aromatic heterocycles. The summed E-state index contributed by atoms with van der Waals surface area (Å²) in [4.78, 5) is 11.4. The normalized spacial score (nSPS) is 19.6. The first kappa shape index (κ1) is 10.4. The quantitative estimate of drug-likeness (QED) is 0.720. The molecule has 16 heavy (non-hydrogen) atoms. The highest BCUT2D eigenvalue weighted by Gasteiger charge is 2.21. The van der Waals surface area contributed by atoms with Crippen molar-refractivity contribution < 1.29 is 9.53 Å². The van der Waals surface area contributed by atoms with Crippen LogP contribution in [0.3, 0.4) is 0 Å². The molecule has 0 saturated carbocycles. The SMILES string of the molecule is CC1=CC(=O)CC(c2ccc(C#N)cc2)O1. The Bertz CT molecular complexity index is 480. The molecule has 1 aromatic carbocycles. The number of carbonyl (C=O) groups excluding carboxylic acids is 1. The third kappa shape index (κ3) is 2.12. The molecule has 0 amide bonds. The molecule has 1 aliphatic heterocycles. The highest BCUT2D eigenvalue weighted by atomic mass is 16.5. The molecule has 0 fully saturated rings. The number of hydrogen-bond acceptors (Lipinski definition) is 3. The van der Waals surface area contributed by atoms with E-state index in [1.54, 1.807) is 19.1 Å². The average Bonchev–Trinajstić information content (AvgIpc) is 2.28. The number of rotatable bonds is 1. The monoisotopic (exact) mass is 213 g/mol. The molecular weight excluding hydrogens is 202 g/mol. The molecule has 1 atom stereocenters. The molecule has 1 aliphatic rings. The van der Waals surface area contributed by atoms with E-state index in [0.29, 0.717) is 17.7 Å². The summed E-state index contributed by atoms with van der Waals surface area (Å²) in [6.45, 7) is 1.77. The minimum atomic E-state index is -0.217. The number of ketones is 1. The van der Waals surface area contributed by atoms with Gasteiger partial charge in [0.2, 0.25) is 0 Å². The summed E-state index contributed by atoms with van der Waals surface area (Å²) in [7, 11) is 0. The number of benzene rings is 1. The summed E-state index contributed by atoms with van der Waals surface area (Å²) in [5, 5.41) is 8.68. The van der Waals surface area contributed by atoms with E-state index in [1.807, 2.05) is 12.1 Å². The second-order valence-electron chi connectivity index (χ2n) is 3.77. The first-order chi connectivity index (χ1) is 7.69. The lowest BCUT2D eigenvalue weighted by molar-refractivity contribution is -0.118. The summed E-state index contributed by atoms with van der Waals surface area (Å²) >= 11 is 0. The molecule has 1 aromatic rings. The number of nitrogens with zero attached hydrogens (tertiary/aromatic N) is 1. The molecule has 80 valence electrons. The Morgan fingerprint density at radius 2 is 2.06 bits per heavy atom. The Balaban J connectivity index is 2.22. The lowest BCUT2D eigenvalue weighted by atomic mass is 10.0. The van der Waals surface area contributed by atoms with Crippen LogP contribution in [0.5, 0.6) is 0 Å². The zero-order valence-corrected chi connectivity index (χ0v) is 8.93. The summed E-state index contributed by atoms with van der Waals surface area (Å²) < 4.78 is 5.57. The molecule has 0 radical (unpaired) electrons. The fourth-order valence-electron chi connectivity index (χ4n) is 1.73. The van der Waals surface area contributed by atoms with Crippen LogP contribution in [-0.2, 0) is 9.53 Å². The predicted octanol–water partition coefficient (Wildman–Crippen LogP) is 2.49. The van der Waals surface area contributed by atoms with E-state index in [-0.39, 0.29) is 11.9 Å². The van der Waals surface area contributed by atoms with Crippen LogP contribution in [0.1, 0.15) is 30.6 Å². The van der Waals surface area contributed by atoms with Crippen molar-refractivity contribution in [2.75, 3.05) is 0 Å². The summed E-state index contributed by atoms with van der Waals surface area (Å²) in [6, 6.07) is 9.18. The second kappa shape index (κ2) is 4.19. The van der Waals surface area contributed by atoms with Crippen LogP contribution >= 0.6 is 0 Å². The van der Waals surface area contributed by atoms with Crippen molar-refractivity contribution in [3.63, 3.8) is 0 Å². The van der Waals surface area contributed by atoms with Crippen LogP contribution in [0.4, 0.5) is 0 Å². The van der Waals surface area contributed by atoms with Gasteiger partial charge in [-0.25, -0.2) is 0 Å². The molecule has 1 heterocycles. The minimum Gasteiger partial charge on any atom is -0.490 e. The molecule has 0 saturated heterocycles. The lowest BCUT2D eigenvalue weighted by Crippen LogP contribution is -2.14. The van der Waals surface area contributed by atoms with Gasteiger partial charge in [-0.2, -0.15) is 5.26 Å². The van der Waals surface area contributed by atoms with Gasteiger partial charge in [0.25, 0.3) is 0 Å². The maximum Gasteiger partial charge on any atom is 0.163 e. The lowest BCUT2D eigenvalue weighted by Gasteiger charge is -2.22. The van der Waals surface area contributed by atoms with E-state index >= 15 is 0 Å². The third-order valence-electron chi connectivity index (χ3n) is 2.49. The van der Waals surface area contributed by atoms with Crippen LogP contribution in [0, 0.1) is 11.3 Å². The van der Waals surface area contributed by atoms with Crippen LogP contribution in [0.25, 0.3) is 0 Å². The standard InChI is InChI=1S/C13H11NO2/c1-9-6-12(15)7-13(16-9)11-4-2-10(8-14)3-5-11/h2-6,13H,7H2,1H3. The van der Waals surface area contributed by atoms with Crippen LogP contribution in [0.15, 0.2) is 36.1 Å². The van der Waals surface area contributed by atoms with Gasteiger partial charge in [-0.1, -0.05) is 12.1 Å². The van der Waals surface area contributed by atoms with Crippen molar-refractivity contribution in [3.8, 4) is 6.07 Å². The molecule has 0 bridgehead atoms. The molecule has 0 spiro atoms. The zero-order valence-electron chi connectivity index (χ0n) is 8.93. The van der Waals surface area contributed by atoms with E-state index < -0.39 is 0 Å². The molecule has 3 nitrogen and oxygen atoms in total. The van der Waals surface area contributed by atoms with E-state index in [9.17, 15) is 4.79 Å². The van der Waals surface area contributed by atoms with Gasteiger partial charge < -0.3 is 4.74 Å². The van der Waals surface area contributed by atoms with Gasteiger partial charge in [-0.3, -0.25) is 4.79 Å². The third-order valence-corrected chi connectivity index (χ3v) is 2.49. The van der Waals surface area contributed by atoms with Crippen LogP contribution in [-0.4, -0.2) is 5.78 Å². The van der Waals surface area contributed by atoms with Gasteiger partial charge in [-0.15, -0.1) is 0 Å². The van der Waals surface area contributed by atoms with Crippen molar-refractivity contribution in [2.24, 2.45) is 0 Å². The molecule has 0 aliphatic carbocycles. The summed E-state index contributed by atoms with van der Waals surface area (Å²) in [5.74, 6) is 0.726. The van der Waals surface area contributed by atoms with Gasteiger partial charge in [0.05, 0.1) is 23.8 Å². The number of ether oxygens (including phenoxy) is 1. The topological polar surface area (TPSA) is 50.1 Å². The van der Waals surface area contributed by atoms with Crippen LogP contribution < -0.4 is 0 Å². The molecule has 1 unspecified atom stereocenters. The van der Waals surface area contributed by atoms with Gasteiger partial charge in [0, 0.05) is 6.08 Å². The Kier molecular flexibility index (Phi) is 2.74. The van der Waals surface area contributed by atoms with Crippen LogP contribution in [0.2, 0.25) is 0 Å². The smallest absolute Gasteiger partial charge is 0.163 e. The number of allylic oxidation sites excluding steroid dienone is 2. The maximum atomic E-state index is 11.4. The summed E-state index contributed by atoms with van der Waals surface area (Å²) in [5.41, 5.74) is 1.54. The minimum absolute atomic E-state index is 0.0816. The van der Waals surface area contributed by atoms with E-state index in [1.165, 1.54) is 6.08 Å². The van der Waals surface area contributed by atoms with Crippen molar-refractivity contribution in [1.29, 1.82) is 5.26 Å². The van der Waals surface area contributed by atoms with E-state index in [2.05, 4.69) is 6.07 Å². The Hall–Kier alpha value is -2.08. The fraction of sp³-hybridized carbons (Fsp3) is 0.231. The van der Waals surface area contributed by atoms with E-state index in [0.717, 1.165) is 5.56 Å². The predicted molar refractivity (Wildman–Crippen MR) is 58.4 cm³/mol. The van der Waals surface area contributed by atoms with Crippen molar-refractivity contribution >= 4 is 5.78 Å². The van der Waals surface area contributed by atoms with Crippen molar-refractivity contribution in [1.82, 2.24) is 0 Å². The van der Waals surface area contributed by atoms with Gasteiger partial charge in [0.1, 0.15) is 6.10 Å². The van der Waals surface area contributed by atoms with E-state index in [4.69, 9.17) is 10.00 Å². The van der Waals surface area contributed by atoms with Gasteiger partial charge >= 0.3 is 0 Å². The first-order valence-electron chi connectivity index (χ1n) is 5.07. The average molecular weight is 213 g/mol. The van der Waals surface area contributed by atoms with Crippen molar-refractivity contribution in [3.05, 3.63) is 47.2 Å². The Morgan fingerprint density at radius 1 is 1.38 bits per heavy atom. The van der Waals surface area contributed by atoms with Gasteiger partial charge in [0.15, 0.2) is 5.78 Å². The highest BCUT2D eigenvalue weighted by molar-refractivity contribution is 5.91. The Labute approximate surface area is 94.0 Å². The molecule has 0 N–H and O–H groups in total. The fourth-order valence-corrected chi connectivity index (χ4v) is 1.73. The zero-order chi connectivity index (χ0) is 11.5. The Morgan fingerprint density at radius 3 is 2.62 bits per heavy atom. The van der Waals surface area contributed by atoms with Crippen molar-refractivity contribution in [2.45, 2.75) is 19.4 Å². The molecular formula is C13H11NO2. The molecule has 3 heteroatoms. The number of hydrogen-bond donors (Lipinski definition) is 0. The maximum absolute atomic E-state index is 11.4. The summed E-state index contributed by atoms with van der Waals surface area (Å²) in [6.07, 6.45) is 1.66. The number of carbonyl (C=O) groups is 1. The first-order valence-corrected chi connectivity index (χ1v) is 5.07.